The van der Waals surface area contributed by atoms with Gasteiger partial charge in [0.05, 0.1) is 0 Å². The van der Waals surface area contributed by atoms with E-state index in [0.717, 1.165) is 13.0 Å². The van der Waals surface area contributed by atoms with Gasteiger partial charge in [0.2, 0.25) is 11.8 Å². The molecule has 18 heavy (non-hydrogen) atoms. The van der Waals surface area contributed by atoms with Crippen molar-refractivity contribution in [2.45, 2.75) is 45.1 Å². The number of amides is 2. The Labute approximate surface area is 114 Å². The van der Waals surface area contributed by atoms with Crippen LogP contribution in [0.25, 0.3) is 0 Å². The van der Waals surface area contributed by atoms with E-state index in [0.29, 0.717) is 13.0 Å². The summed E-state index contributed by atoms with van der Waals surface area (Å²) in [6.45, 7) is 3.12. The minimum absolute atomic E-state index is 0.0154. The predicted molar refractivity (Wildman–Crippen MR) is 75.7 cm³/mol. The van der Waals surface area contributed by atoms with Crippen molar-refractivity contribution in [3.05, 3.63) is 0 Å². The zero-order valence-electron chi connectivity index (χ0n) is 11.4. The van der Waals surface area contributed by atoms with Crippen LogP contribution in [0, 0.1) is 0 Å². The van der Waals surface area contributed by atoms with Crippen LogP contribution in [0.15, 0.2) is 0 Å². The van der Waals surface area contributed by atoms with Gasteiger partial charge in [-0.15, -0.1) is 0 Å². The lowest BCUT2D eigenvalue weighted by atomic mass is 10.2. The largest absolute Gasteiger partial charge is 0.345 e. The fourth-order valence-electron chi connectivity index (χ4n) is 2.12. The molecule has 1 heterocycles. The first-order valence-electron chi connectivity index (χ1n) is 6.72. The van der Waals surface area contributed by atoms with Gasteiger partial charge in [-0.1, -0.05) is 12.8 Å². The van der Waals surface area contributed by atoms with E-state index in [1.54, 1.807) is 6.92 Å². The van der Waals surface area contributed by atoms with Crippen LogP contribution >= 0.6 is 11.8 Å². The number of carbonyl (C=O) groups excluding carboxylic acids is 2. The molecule has 0 aliphatic carbocycles. The van der Waals surface area contributed by atoms with Crippen molar-refractivity contribution >= 4 is 23.6 Å². The molecule has 0 spiro atoms. The molecule has 0 aromatic rings. The quantitative estimate of drug-likeness (QED) is 0.717. The van der Waals surface area contributed by atoms with Crippen molar-refractivity contribution in [2.75, 3.05) is 25.1 Å². The molecule has 0 aromatic carbocycles. The molecule has 1 saturated heterocycles. The zero-order chi connectivity index (χ0) is 13.4. The number of nitrogens with one attached hydrogen (secondary N) is 1. The highest BCUT2D eigenvalue weighted by Crippen LogP contribution is 2.08. The molecule has 2 amide bonds. The molecule has 0 radical (unpaired) electrons. The third-order valence-electron chi connectivity index (χ3n) is 3.19. The highest BCUT2D eigenvalue weighted by molar-refractivity contribution is 7.98. The van der Waals surface area contributed by atoms with Crippen molar-refractivity contribution in [1.82, 2.24) is 10.2 Å². The van der Waals surface area contributed by atoms with Gasteiger partial charge >= 0.3 is 0 Å². The van der Waals surface area contributed by atoms with Gasteiger partial charge < -0.3 is 10.2 Å². The van der Waals surface area contributed by atoms with Gasteiger partial charge in [-0.3, -0.25) is 9.59 Å². The van der Waals surface area contributed by atoms with E-state index in [1.165, 1.54) is 25.0 Å². The SMILES string of the molecule is CSCCCCCCN1CCC(=O)NC(C)C1=O. The third-order valence-corrected chi connectivity index (χ3v) is 3.89. The monoisotopic (exact) mass is 272 g/mol. The lowest BCUT2D eigenvalue weighted by molar-refractivity contribution is -0.133. The Morgan fingerprint density at radius 1 is 1.28 bits per heavy atom. The molecule has 1 aliphatic heterocycles. The first-order valence-corrected chi connectivity index (χ1v) is 8.11. The lowest BCUT2D eigenvalue weighted by Gasteiger charge is -2.22. The molecule has 1 aliphatic rings. The predicted octanol–water partition coefficient (Wildman–Crippen LogP) is 1.65. The Bertz CT molecular complexity index is 284. The van der Waals surface area contributed by atoms with Crippen LogP contribution in [0.3, 0.4) is 0 Å². The number of hydrogen-bond donors (Lipinski definition) is 1. The molecule has 5 heteroatoms. The van der Waals surface area contributed by atoms with Crippen LogP contribution < -0.4 is 5.32 Å². The summed E-state index contributed by atoms with van der Waals surface area (Å²) in [5.41, 5.74) is 0. The minimum atomic E-state index is -0.364. The third kappa shape index (κ3) is 5.29. The summed E-state index contributed by atoms with van der Waals surface area (Å²) in [5.74, 6) is 1.27. The van der Waals surface area contributed by atoms with Crippen molar-refractivity contribution in [3.63, 3.8) is 0 Å². The van der Waals surface area contributed by atoms with Crippen LogP contribution in [0.2, 0.25) is 0 Å². The van der Waals surface area contributed by atoms with E-state index in [-0.39, 0.29) is 17.9 Å². The molecule has 0 saturated carbocycles. The van der Waals surface area contributed by atoms with Gasteiger partial charge in [-0.25, -0.2) is 0 Å². The average molecular weight is 272 g/mol. The van der Waals surface area contributed by atoms with E-state index in [9.17, 15) is 9.59 Å². The van der Waals surface area contributed by atoms with E-state index in [1.807, 2.05) is 16.7 Å². The Kier molecular flexibility index (Phi) is 7.16. The van der Waals surface area contributed by atoms with Gasteiger partial charge in [0.25, 0.3) is 0 Å². The maximum atomic E-state index is 12.0. The molecular weight excluding hydrogens is 248 g/mol. The number of unbranched alkanes of at least 4 members (excludes halogenated alkanes) is 3. The highest BCUT2D eigenvalue weighted by Gasteiger charge is 2.25. The van der Waals surface area contributed by atoms with Crippen molar-refractivity contribution < 1.29 is 9.59 Å². The fraction of sp³-hybridized carbons (Fsp3) is 0.846. The Morgan fingerprint density at radius 3 is 2.72 bits per heavy atom. The molecular formula is C13H24N2O2S. The summed E-state index contributed by atoms with van der Waals surface area (Å²) in [6, 6.07) is -0.364. The van der Waals surface area contributed by atoms with Crippen LogP contribution in [0.1, 0.15) is 39.0 Å². The fourth-order valence-corrected chi connectivity index (χ4v) is 2.61. The Morgan fingerprint density at radius 2 is 2.00 bits per heavy atom. The minimum Gasteiger partial charge on any atom is -0.345 e. The number of nitrogens with zero attached hydrogens (tertiary/aromatic N) is 1. The molecule has 0 bridgehead atoms. The molecule has 1 atom stereocenters. The highest BCUT2D eigenvalue weighted by atomic mass is 32.2. The van der Waals surface area contributed by atoms with Gasteiger partial charge in [0.1, 0.15) is 6.04 Å². The summed E-state index contributed by atoms with van der Waals surface area (Å²) in [6.07, 6.45) is 7.26. The molecule has 104 valence electrons. The van der Waals surface area contributed by atoms with Gasteiger partial charge in [-0.2, -0.15) is 11.8 Å². The Hall–Kier alpha value is -0.710. The number of carbonyl (C=O) groups is 2. The standard InChI is InChI=1S/C13H24N2O2S/c1-11-13(17)15(9-7-12(16)14-11)8-5-3-4-6-10-18-2/h11H,3-10H2,1-2H3,(H,14,16). The summed E-state index contributed by atoms with van der Waals surface area (Å²) < 4.78 is 0. The molecule has 0 aromatic heterocycles. The van der Waals surface area contributed by atoms with Crippen LogP contribution in [0.5, 0.6) is 0 Å². The second-order valence-electron chi connectivity index (χ2n) is 4.77. The molecule has 1 rings (SSSR count). The van der Waals surface area contributed by atoms with E-state index in [2.05, 4.69) is 11.6 Å². The maximum absolute atomic E-state index is 12.0. The van der Waals surface area contributed by atoms with Crippen molar-refractivity contribution in [2.24, 2.45) is 0 Å². The summed E-state index contributed by atoms with van der Waals surface area (Å²) in [7, 11) is 0. The van der Waals surface area contributed by atoms with E-state index < -0.39 is 0 Å². The van der Waals surface area contributed by atoms with Crippen LogP contribution in [-0.2, 0) is 9.59 Å². The number of rotatable bonds is 7. The Balaban J connectivity index is 2.23. The second kappa shape index (κ2) is 8.40. The average Bonchev–Trinajstić information content (AvgIpc) is 2.46. The topological polar surface area (TPSA) is 49.4 Å². The molecule has 1 fully saturated rings. The summed E-state index contributed by atoms with van der Waals surface area (Å²) >= 11 is 1.88. The van der Waals surface area contributed by atoms with Crippen LogP contribution in [0.4, 0.5) is 0 Å². The first-order chi connectivity index (χ1) is 8.65. The lowest BCUT2D eigenvalue weighted by Crippen LogP contribution is -2.42. The van der Waals surface area contributed by atoms with Gasteiger partial charge in [0, 0.05) is 19.5 Å². The summed E-state index contributed by atoms with van der Waals surface area (Å²) in [5, 5.41) is 2.71. The normalized spacial score (nSPS) is 20.8. The van der Waals surface area contributed by atoms with Gasteiger partial charge in [-0.05, 0) is 31.8 Å². The van der Waals surface area contributed by atoms with Crippen molar-refractivity contribution in [1.29, 1.82) is 0 Å². The van der Waals surface area contributed by atoms with Gasteiger partial charge in [0.15, 0.2) is 0 Å². The smallest absolute Gasteiger partial charge is 0.244 e. The van der Waals surface area contributed by atoms with Crippen molar-refractivity contribution in [3.8, 4) is 0 Å². The summed E-state index contributed by atoms with van der Waals surface area (Å²) in [4.78, 5) is 25.1. The number of thioether (sulfide) groups is 1. The second-order valence-corrected chi connectivity index (χ2v) is 5.76. The molecule has 1 N–H and O–H groups in total. The van der Waals surface area contributed by atoms with E-state index in [4.69, 9.17) is 0 Å². The zero-order valence-corrected chi connectivity index (χ0v) is 12.2. The van der Waals surface area contributed by atoms with E-state index >= 15 is 0 Å². The first kappa shape index (κ1) is 15.3. The van der Waals surface area contributed by atoms with Crippen LogP contribution in [-0.4, -0.2) is 47.9 Å². The molecule has 4 nitrogen and oxygen atoms in total. The molecule has 1 unspecified atom stereocenters. The number of hydrogen-bond acceptors (Lipinski definition) is 3. The maximum Gasteiger partial charge on any atom is 0.244 e.